The highest BCUT2D eigenvalue weighted by molar-refractivity contribution is 5.56. The number of imidazole rings is 1. The van der Waals surface area contributed by atoms with Crippen LogP contribution in [0.2, 0.25) is 0 Å². The SMILES string of the molecule is FC(F)COCCn1cnc(-c2cccnc2)c1. The first-order valence-corrected chi connectivity index (χ1v) is 5.54. The van der Waals surface area contributed by atoms with Crippen molar-refractivity contribution in [2.75, 3.05) is 13.2 Å². The topological polar surface area (TPSA) is 39.9 Å². The van der Waals surface area contributed by atoms with Crippen molar-refractivity contribution in [1.82, 2.24) is 14.5 Å². The van der Waals surface area contributed by atoms with Gasteiger partial charge in [-0.15, -0.1) is 0 Å². The number of rotatable bonds is 6. The molecule has 0 unspecified atom stereocenters. The van der Waals surface area contributed by atoms with Crippen molar-refractivity contribution < 1.29 is 13.5 Å². The summed E-state index contributed by atoms with van der Waals surface area (Å²) in [5.74, 6) is 0. The number of halogens is 2. The van der Waals surface area contributed by atoms with Gasteiger partial charge >= 0.3 is 0 Å². The second kappa shape index (κ2) is 6.20. The van der Waals surface area contributed by atoms with Crippen LogP contribution in [0, 0.1) is 0 Å². The van der Waals surface area contributed by atoms with E-state index in [-0.39, 0.29) is 6.61 Å². The summed E-state index contributed by atoms with van der Waals surface area (Å²) in [6, 6.07) is 3.74. The Morgan fingerprint density at radius 1 is 1.39 bits per heavy atom. The first-order chi connectivity index (χ1) is 8.75. The van der Waals surface area contributed by atoms with Crippen molar-refractivity contribution in [3.63, 3.8) is 0 Å². The largest absolute Gasteiger partial charge is 0.374 e. The Labute approximate surface area is 103 Å². The molecular formula is C12H13F2N3O. The third kappa shape index (κ3) is 3.59. The highest BCUT2D eigenvalue weighted by Gasteiger charge is 2.03. The first-order valence-electron chi connectivity index (χ1n) is 5.54. The maximum atomic E-state index is 11.8. The van der Waals surface area contributed by atoms with E-state index in [1.807, 2.05) is 18.3 Å². The Morgan fingerprint density at radius 3 is 3.00 bits per heavy atom. The van der Waals surface area contributed by atoms with Crippen LogP contribution in [0.3, 0.4) is 0 Å². The number of pyridine rings is 1. The molecule has 0 bridgehead atoms. The Hall–Kier alpha value is -1.82. The standard InChI is InChI=1S/C12H13F2N3O/c13-12(14)8-18-5-4-17-7-11(16-9-17)10-2-1-3-15-6-10/h1-3,6-7,9,12H,4-5,8H2. The lowest BCUT2D eigenvalue weighted by molar-refractivity contribution is 0.0147. The Kier molecular flexibility index (Phi) is 4.35. The van der Waals surface area contributed by atoms with Crippen LogP contribution in [0.4, 0.5) is 8.78 Å². The van der Waals surface area contributed by atoms with E-state index in [2.05, 4.69) is 9.97 Å². The minimum absolute atomic E-state index is 0.243. The molecule has 0 saturated carbocycles. The Bertz CT molecular complexity index is 473. The number of nitrogens with zero attached hydrogens (tertiary/aromatic N) is 3. The fraction of sp³-hybridized carbons (Fsp3) is 0.333. The van der Waals surface area contributed by atoms with Crippen molar-refractivity contribution >= 4 is 0 Å². The number of ether oxygens (including phenoxy) is 1. The molecule has 4 nitrogen and oxygen atoms in total. The zero-order valence-corrected chi connectivity index (χ0v) is 9.67. The summed E-state index contributed by atoms with van der Waals surface area (Å²) >= 11 is 0. The molecule has 96 valence electrons. The molecule has 0 atom stereocenters. The van der Waals surface area contributed by atoms with Gasteiger partial charge in [0.2, 0.25) is 0 Å². The van der Waals surface area contributed by atoms with Gasteiger partial charge < -0.3 is 9.30 Å². The highest BCUT2D eigenvalue weighted by Crippen LogP contribution is 2.14. The lowest BCUT2D eigenvalue weighted by Crippen LogP contribution is -2.09. The zero-order chi connectivity index (χ0) is 12.8. The van der Waals surface area contributed by atoms with E-state index < -0.39 is 13.0 Å². The van der Waals surface area contributed by atoms with Crippen LogP contribution in [0.1, 0.15) is 0 Å². The summed E-state index contributed by atoms with van der Waals surface area (Å²) < 4.78 is 30.3. The average molecular weight is 253 g/mol. The molecule has 2 rings (SSSR count). The fourth-order valence-electron chi connectivity index (χ4n) is 1.49. The average Bonchev–Trinajstić information content (AvgIpc) is 2.84. The summed E-state index contributed by atoms with van der Waals surface area (Å²) in [5.41, 5.74) is 1.72. The van der Waals surface area contributed by atoms with E-state index >= 15 is 0 Å². The minimum Gasteiger partial charge on any atom is -0.374 e. The Morgan fingerprint density at radius 2 is 2.28 bits per heavy atom. The molecule has 0 aromatic carbocycles. The predicted octanol–water partition coefficient (Wildman–Crippen LogP) is 2.23. The van der Waals surface area contributed by atoms with Gasteiger partial charge in [-0.05, 0) is 12.1 Å². The van der Waals surface area contributed by atoms with Crippen LogP contribution >= 0.6 is 0 Å². The minimum atomic E-state index is -2.42. The molecule has 2 aromatic heterocycles. The van der Waals surface area contributed by atoms with Crippen molar-refractivity contribution in [3.8, 4) is 11.3 Å². The summed E-state index contributed by atoms with van der Waals surface area (Å²) in [7, 11) is 0. The molecular weight excluding hydrogens is 240 g/mol. The molecule has 0 radical (unpaired) electrons. The van der Waals surface area contributed by atoms with Crippen molar-refractivity contribution in [1.29, 1.82) is 0 Å². The van der Waals surface area contributed by atoms with Crippen LogP contribution in [-0.2, 0) is 11.3 Å². The van der Waals surface area contributed by atoms with Crippen LogP contribution in [0.15, 0.2) is 37.1 Å². The van der Waals surface area contributed by atoms with Crippen LogP contribution in [0.5, 0.6) is 0 Å². The van der Waals surface area contributed by atoms with Crippen molar-refractivity contribution in [3.05, 3.63) is 37.1 Å². The van der Waals surface area contributed by atoms with Gasteiger partial charge in [0.15, 0.2) is 0 Å². The monoisotopic (exact) mass is 253 g/mol. The molecule has 2 aromatic rings. The highest BCUT2D eigenvalue weighted by atomic mass is 19.3. The van der Waals surface area contributed by atoms with Gasteiger partial charge in [0.25, 0.3) is 6.43 Å². The molecule has 0 saturated heterocycles. The van der Waals surface area contributed by atoms with Gasteiger partial charge in [0.1, 0.15) is 6.61 Å². The van der Waals surface area contributed by atoms with E-state index in [0.717, 1.165) is 11.3 Å². The fourth-order valence-corrected chi connectivity index (χ4v) is 1.49. The summed E-state index contributed by atoms with van der Waals surface area (Å²) in [5, 5.41) is 0. The van der Waals surface area contributed by atoms with Gasteiger partial charge in [-0.1, -0.05) is 0 Å². The van der Waals surface area contributed by atoms with Crippen LogP contribution in [-0.4, -0.2) is 34.2 Å². The van der Waals surface area contributed by atoms with Gasteiger partial charge in [0, 0.05) is 30.7 Å². The van der Waals surface area contributed by atoms with Crippen molar-refractivity contribution in [2.45, 2.75) is 13.0 Å². The molecule has 0 aliphatic carbocycles. The second-order valence-corrected chi connectivity index (χ2v) is 3.70. The van der Waals surface area contributed by atoms with Gasteiger partial charge in [0.05, 0.1) is 18.6 Å². The van der Waals surface area contributed by atoms with Gasteiger partial charge in [-0.3, -0.25) is 4.98 Å². The van der Waals surface area contributed by atoms with E-state index in [1.54, 1.807) is 23.3 Å². The molecule has 0 fully saturated rings. The number of hydrogen-bond acceptors (Lipinski definition) is 3. The van der Waals surface area contributed by atoms with Crippen molar-refractivity contribution in [2.24, 2.45) is 0 Å². The molecule has 0 amide bonds. The van der Waals surface area contributed by atoms with E-state index in [0.29, 0.717) is 6.54 Å². The molecule has 0 aliphatic heterocycles. The molecule has 2 heterocycles. The molecule has 0 N–H and O–H groups in total. The predicted molar refractivity (Wildman–Crippen MR) is 62.3 cm³/mol. The van der Waals surface area contributed by atoms with E-state index in [9.17, 15) is 8.78 Å². The molecule has 18 heavy (non-hydrogen) atoms. The molecule has 6 heteroatoms. The summed E-state index contributed by atoms with van der Waals surface area (Å²) in [6.07, 6.45) is 4.48. The first kappa shape index (κ1) is 12.6. The zero-order valence-electron chi connectivity index (χ0n) is 9.67. The summed E-state index contributed by atoms with van der Waals surface area (Å²) in [4.78, 5) is 8.23. The number of hydrogen-bond donors (Lipinski definition) is 0. The lowest BCUT2D eigenvalue weighted by atomic mass is 10.2. The quantitative estimate of drug-likeness (QED) is 0.741. The molecule has 0 spiro atoms. The Balaban J connectivity index is 1.87. The second-order valence-electron chi connectivity index (χ2n) is 3.70. The maximum Gasteiger partial charge on any atom is 0.261 e. The van der Waals surface area contributed by atoms with Gasteiger partial charge in [-0.25, -0.2) is 13.8 Å². The molecule has 0 aliphatic rings. The third-order valence-corrected chi connectivity index (χ3v) is 2.33. The van der Waals surface area contributed by atoms with Gasteiger partial charge in [-0.2, -0.15) is 0 Å². The maximum absolute atomic E-state index is 11.8. The summed E-state index contributed by atoms with van der Waals surface area (Å²) in [6.45, 7) is 0.220. The third-order valence-electron chi connectivity index (χ3n) is 2.33. The smallest absolute Gasteiger partial charge is 0.261 e. The van der Waals surface area contributed by atoms with Crippen LogP contribution in [0.25, 0.3) is 11.3 Å². The normalized spacial score (nSPS) is 11.1. The van der Waals surface area contributed by atoms with E-state index in [1.165, 1.54) is 0 Å². The number of alkyl halides is 2. The lowest BCUT2D eigenvalue weighted by Gasteiger charge is -2.03. The van der Waals surface area contributed by atoms with E-state index in [4.69, 9.17) is 4.74 Å². The van der Waals surface area contributed by atoms with Crippen LogP contribution < -0.4 is 0 Å². The number of aromatic nitrogens is 3.